The first-order valence-electron chi connectivity index (χ1n) is 44.1. The number of nitrogens with zero attached hydrogens (tertiary/aromatic N) is 7. The summed E-state index contributed by atoms with van der Waals surface area (Å²) in [7, 11) is 0. The average Bonchev–Trinajstić information content (AvgIpc) is 1.46. The van der Waals surface area contributed by atoms with E-state index in [1.807, 2.05) is 54.6 Å². The molecule has 0 saturated carbocycles. The van der Waals surface area contributed by atoms with Crippen molar-refractivity contribution in [3.8, 4) is 67.1 Å². The van der Waals surface area contributed by atoms with Crippen molar-refractivity contribution in [1.82, 2.24) is 24.1 Å². The number of hydrogen-bond donors (Lipinski definition) is 1. The number of ketones is 1. The van der Waals surface area contributed by atoms with Gasteiger partial charge in [0.05, 0.1) is 50.2 Å². The van der Waals surface area contributed by atoms with Crippen molar-refractivity contribution < 1.29 is 30.0 Å². The summed E-state index contributed by atoms with van der Waals surface area (Å²) in [4.78, 5) is 28.7. The van der Waals surface area contributed by atoms with Gasteiger partial charge in [-0.15, -0.1) is 35.9 Å². The molecule has 18 aromatic carbocycles. The molecule has 5 aromatic heterocycles. The SMILES string of the molecule is CC(=O)C=C(C)O.Cc1cc(-c2ccccc2)c2ccc3c(-c4ccccc4)cc(C)nc3c2n1.[Ir].[c-]1ccccc1-c1ccccn1.c1ccc(N(c2ccc(-c3ccc(N(c4ccccc4)c4cccc5ccccc45)cc3)cc2)c2cccc3ccccc23)cc1.c1ccc2c(c1)c1ccccc1n2-c1ccc(-c2ccc(-n3c4ccccc4c4ccccc43)cc2)cc1. The van der Waals surface area contributed by atoms with E-state index in [1.54, 1.807) is 6.20 Å². The molecule has 23 aromatic rings. The van der Waals surface area contributed by atoms with Gasteiger partial charge in [-0.3, -0.25) is 14.8 Å². The molecule has 0 spiro atoms. The Hall–Kier alpha value is -16.5. The molecule has 0 aliphatic rings. The number of para-hydroxylation sites is 6. The second-order valence-electron chi connectivity index (χ2n) is 32.4. The third kappa shape index (κ3) is 18.5. The number of fused-ring (bicyclic) bond motifs is 11. The minimum atomic E-state index is -0.125. The van der Waals surface area contributed by atoms with Crippen LogP contribution < -0.4 is 9.80 Å². The van der Waals surface area contributed by atoms with Gasteiger partial charge in [-0.25, -0.2) is 0 Å². The predicted octanol–water partition coefficient (Wildman–Crippen LogP) is 32.5. The number of rotatable bonds is 14. The van der Waals surface area contributed by atoms with Crippen molar-refractivity contribution in [3.63, 3.8) is 0 Å². The van der Waals surface area contributed by atoms with Gasteiger partial charge < -0.3 is 29.0 Å². The number of pyridine rings is 3. The van der Waals surface area contributed by atoms with Crippen molar-refractivity contribution in [2.24, 2.45) is 0 Å². The van der Waals surface area contributed by atoms with Gasteiger partial charge in [0.25, 0.3) is 0 Å². The molecular formula is C122H92IrN7O2-. The molecule has 0 atom stereocenters. The molecule has 0 bridgehead atoms. The van der Waals surface area contributed by atoms with Crippen LogP contribution in [0.4, 0.5) is 34.1 Å². The Morgan fingerprint density at radius 2 is 0.636 bits per heavy atom. The summed E-state index contributed by atoms with van der Waals surface area (Å²) in [6.07, 6.45) is 2.95. The first kappa shape index (κ1) is 86.3. The summed E-state index contributed by atoms with van der Waals surface area (Å²) in [6, 6.07) is 168. The molecule has 1 N–H and O–H groups in total. The predicted molar refractivity (Wildman–Crippen MR) is 550 cm³/mol. The minimum absolute atomic E-state index is 0. The number of carbonyl (C=O) groups excluding carboxylic acids is 1. The molecule has 0 fully saturated rings. The van der Waals surface area contributed by atoms with E-state index in [2.05, 4.69) is 456 Å². The zero-order chi connectivity index (χ0) is 88.9. The fraction of sp³-hybridized carbons (Fsp3) is 0.0328. The smallest absolute Gasteiger partial charge is 0.155 e. The zero-order valence-electron chi connectivity index (χ0n) is 73.4. The van der Waals surface area contributed by atoms with Gasteiger partial charge in [0, 0.05) is 121 Å². The standard InChI is InChI=1S/C44H32N2.C36H24N2.C26H20N2.C11H8N.C5H8O2.Ir/c1-3-17-37(18-4-1)45(43-23-11-15-35-13-7-9-21-41(35)43)39-29-25-33(26-30-39)34-27-31-40(32-28-34)46(38-19-5-2-6-20-38)44-24-12-16-36-14-8-10-22-42(36)44;1-5-13-33-29(9-1)30-10-2-6-14-34(30)37(33)27-21-17-25(18-22-27)26-19-23-28(24-20-26)38-35-15-7-3-11-31(35)32-12-4-8-16-36(32)38;1-17-15-23(19-9-5-3-6-10-19)21-13-14-22-24(20-11-7-4-8-12-20)16-18(2)28-26(22)25(21)27-17;1-2-6-10(7-3-1)11-8-4-5-9-12-11;1-4(6)3-5(2)7;/h1-32H;1-24H;3-16H,1-2H3;1-6,8-9H;3,6H,1-2H3;/q;;;-1;;. The fourth-order valence-corrected chi connectivity index (χ4v) is 17.7. The normalized spacial score (nSPS) is 11.1. The van der Waals surface area contributed by atoms with Crippen LogP contribution in [-0.2, 0) is 24.9 Å². The Bertz CT molecular complexity index is 7410. The van der Waals surface area contributed by atoms with Crippen molar-refractivity contribution in [2.45, 2.75) is 27.7 Å². The third-order valence-electron chi connectivity index (χ3n) is 23.6. The van der Waals surface area contributed by atoms with E-state index in [0.717, 1.165) is 78.6 Å². The maximum absolute atomic E-state index is 10.0. The van der Waals surface area contributed by atoms with E-state index in [-0.39, 0.29) is 31.6 Å². The van der Waals surface area contributed by atoms with Crippen LogP contribution in [0.15, 0.2) is 485 Å². The maximum atomic E-state index is 10.0. The van der Waals surface area contributed by atoms with Crippen molar-refractivity contribution >= 4 is 127 Å². The molecule has 9 nitrogen and oxygen atoms in total. The van der Waals surface area contributed by atoms with E-state index < -0.39 is 0 Å². The molecule has 132 heavy (non-hydrogen) atoms. The van der Waals surface area contributed by atoms with E-state index in [9.17, 15) is 4.79 Å². The summed E-state index contributed by atoms with van der Waals surface area (Å²) >= 11 is 0. The molecule has 0 saturated heterocycles. The van der Waals surface area contributed by atoms with Crippen LogP contribution in [0.25, 0.3) is 154 Å². The molecule has 0 amide bonds. The molecule has 0 aliphatic carbocycles. The van der Waals surface area contributed by atoms with Gasteiger partial charge in [0.2, 0.25) is 0 Å². The molecule has 0 unspecified atom stereocenters. The van der Waals surface area contributed by atoms with Crippen molar-refractivity contribution in [1.29, 1.82) is 0 Å². The van der Waals surface area contributed by atoms with Crippen molar-refractivity contribution in [2.75, 3.05) is 9.80 Å². The van der Waals surface area contributed by atoms with Crippen LogP contribution in [0.3, 0.4) is 0 Å². The number of aliphatic hydroxyl groups is 1. The molecule has 10 heteroatoms. The van der Waals surface area contributed by atoms with E-state index in [1.165, 1.54) is 141 Å². The van der Waals surface area contributed by atoms with E-state index in [4.69, 9.17) is 15.1 Å². The number of carbonyl (C=O) groups is 1. The van der Waals surface area contributed by atoms with Crippen LogP contribution in [-0.4, -0.2) is 35.0 Å². The topological polar surface area (TPSA) is 92.3 Å². The van der Waals surface area contributed by atoms with E-state index >= 15 is 0 Å². The first-order valence-corrected chi connectivity index (χ1v) is 44.1. The van der Waals surface area contributed by atoms with Gasteiger partial charge in [-0.05, 0) is 216 Å². The molecule has 1 radical (unpaired) electrons. The number of hydrogen-bond acceptors (Lipinski definition) is 7. The van der Waals surface area contributed by atoms with Crippen LogP contribution in [0.2, 0.25) is 0 Å². The molecule has 5 heterocycles. The molecule has 637 valence electrons. The summed E-state index contributed by atoms with van der Waals surface area (Å²) in [5, 5.41) is 20.7. The number of allylic oxidation sites excluding steroid dienone is 2. The van der Waals surface area contributed by atoms with Crippen LogP contribution in [0.5, 0.6) is 0 Å². The summed E-state index contributed by atoms with van der Waals surface area (Å²) < 4.78 is 4.72. The Kier molecular flexibility index (Phi) is 26.0. The number of aliphatic hydroxyl groups excluding tert-OH is 1. The number of aryl methyl sites for hydroxylation is 2. The Labute approximate surface area is 782 Å². The average molecular weight is 1880 g/mol. The van der Waals surface area contributed by atoms with Crippen LogP contribution in [0.1, 0.15) is 25.2 Å². The monoisotopic (exact) mass is 1880 g/mol. The summed E-state index contributed by atoms with van der Waals surface area (Å²) in [5.74, 6) is -0.0625. The largest absolute Gasteiger partial charge is 0.512 e. The first-order chi connectivity index (χ1) is 64.5. The van der Waals surface area contributed by atoms with Gasteiger partial charge in [0.1, 0.15) is 0 Å². The molecule has 0 aliphatic heterocycles. The minimum Gasteiger partial charge on any atom is -0.512 e. The number of anilines is 6. The van der Waals surface area contributed by atoms with Crippen molar-refractivity contribution in [3.05, 3.63) is 503 Å². The quantitative estimate of drug-likeness (QED) is 0.0502. The molecular weight excluding hydrogens is 1790 g/mol. The second kappa shape index (κ2) is 39.8. The number of benzene rings is 18. The van der Waals surface area contributed by atoms with Gasteiger partial charge in [-0.1, -0.05) is 315 Å². The maximum Gasteiger partial charge on any atom is 0.155 e. The van der Waals surface area contributed by atoms with Gasteiger partial charge >= 0.3 is 0 Å². The zero-order valence-corrected chi connectivity index (χ0v) is 75.8. The molecule has 23 rings (SSSR count). The van der Waals surface area contributed by atoms with Crippen LogP contribution in [0, 0.1) is 19.9 Å². The second-order valence-corrected chi connectivity index (χ2v) is 32.4. The Balaban J connectivity index is 0.000000122. The van der Waals surface area contributed by atoms with Crippen LogP contribution >= 0.6 is 0 Å². The summed E-state index contributed by atoms with van der Waals surface area (Å²) in [5.41, 5.74) is 29.7. The van der Waals surface area contributed by atoms with Gasteiger partial charge in [-0.2, -0.15) is 0 Å². The fourth-order valence-electron chi connectivity index (χ4n) is 17.7. The Morgan fingerprint density at radius 3 is 0.985 bits per heavy atom. The number of aromatic nitrogens is 5. The summed E-state index contributed by atoms with van der Waals surface area (Å²) in [6.45, 7) is 6.96. The van der Waals surface area contributed by atoms with E-state index in [0.29, 0.717) is 0 Å². The Morgan fingerprint density at radius 1 is 0.311 bits per heavy atom. The van der Waals surface area contributed by atoms with Gasteiger partial charge in [0.15, 0.2) is 5.78 Å². The third-order valence-corrected chi connectivity index (χ3v) is 23.6.